The Morgan fingerprint density at radius 3 is 1.43 bits per heavy atom. The first-order valence-corrected chi connectivity index (χ1v) is 16.8. The normalized spacial score (nSPS) is 11.6. The van der Waals surface area contributed by atoms with E-state index < -0.39 is 0 Å². The summed E-state index contributed by atoms with van der Waals surface area (Å²) < 4.78 is 12.7. The Hall–Kier alpha value is -2.36. The number of rotatable bonds is 24. The number of benzene rings is 2. The molecule has 3 aromatic rings. The number of unbranched alkanes of at least 4 members (excludes halogenated alkanes) is 18. The Labute approximate surface area is 244 Å². The molecule has 0 saturated heterocycles. The first kappa shape index (κ1) is 32.2. The average Bonchev–Trinajstić information content (AvgIpc) is 3.31. The number of aromatic amines is 1. The van der Waals surface area contributed by atoms with Gasteiger partial charge in [-0.1, -0.05) is 129 Å². The Balaban J connectivity index is 1.45. The molecule has 224 valence electrons. The summed E-state index contributed by atoms with van der Waals surface area (Å²) in [5.41, 5.74) is 9.05. The smallest absolute Gasteiger partial charge is 0.163 e. The molecular formula is C36H58N2O2. The zero-order valence-corrected chi connectivity index (χ0v) is 25.8. The summed E-state index contributed by atoms with van der Waals surface area (Å²) in [4.78, 5) is 3.54. The van der Waals surface area contributed by atoms with Crippen molar-refractivity contribution in [2.75, 3.05) is 18.9 Å². The molecule has 0 spiro atoms. The lowest BCUT2D eigenvalue weighted by atomic mass is 10.1. The number of fused-ring (bicyclic) bond motifs is 3. The van der Waals surface area contributed by atoms with Crippen molar-refractivity contribution >= 4 is 27.5 Å². The molecular weight excluding hydrogens is 492 g/mol. The largest absolute Gasteiger partial charge is 0.490 e. The molecule has 2 aromatic carbocycles. The highest BCUT2D eigenvalue weighted by atomic mass is 16.5. The van der Waals surface area contributed by atoms with Gasteiger partial charge in [-0.25, -0.2) is 0 Å². The predicted octanol–water partition coefficient (Wildman–Crippen LogP) is 11.5. The number of nitrogens with two attached hydrogens (primary N) is 1. The average molecular weight is 551 g/mol. The monoisotopic (exact) mass is 550 g/mol. The molecule has 1 heterocycles. The summed E-state index contributed by atoms with van der Waals surface area (Å²) in [6.07, 6.45) is 26.6. The Bertz CT molecular complexity index is 1070. The summed E-state index contributed by atoms with van der Waals surface area (Å²) in [6, 6.07) is 10.3. The van der Waals surface area contributed by atoms with Crippen molar-refractivity contribution in [2.45, 2.75) is 142 Å². The fourth-order valence-corrected chi connectivity index (χ4v) is 5.69. The minimum absolute atomic E-state index is 0.737. The fourth-order valence-electron chi connectivity index (χ4n) is 5.69. The van der Waals surface area contributed by atoms with Crippen LogP contribution in [0.25, 0.3) is 21.8 Å². The van der Waals surface area contributed by atoms with Crippen LogP contribution in [0.2, 0.25) is 0 Å². The van der Waals surface area contributed by atoms with Gasteiger partial charge in [-0.05, 0) is 37.1 Å². The number of hydrogen-bond acceptors (Lipinski definition) is 3. The SMILES string of the molecule is CCCCCCCCCCCCOc1cc2[nH]c3ccc(N)cc3c2cc1OCCCCCCCCCCCC. The van der Waals surface area contributed by atoms with Crippen LogP contribution in [0.3, 0.4) is 0 Å². The highest BCUT2D eigenvalue weighted by Gasteiger charge is 2.13. The second kappa shape index (κ2) is 19.7. The minimum Gasteiger partial charge on any atom is -0.490 e. The van der Waals surface area contributed by atoms with Crippen molar-refractivity contribution in [3.8, 4) is 11.5 Å². The van der Waals surface area contributed by atoms with Crippen LogP contribution in [0.5, 0.6) is 11.5 Å². The molecule has 4 heteroatoms. The lowest BCUT2D eigenvalue weighted by Crippen LogP contribution is -2.03. The summed E-state index contributed by atoms with van der Waals surface area (Å²) >= 11 is 0. The van der Waals surface area contributed by atoms with Crippen LogP contribution in [0.1, 0.15) is 142 Å². The number of anilines is 1. The highest BCUT2D eigenvalue weighted by Crippen LogP contribution is 2.37. The van der Waals surface area contributed by atoms with Gasteiger partial charge in [-0.15, -0.1) is 0 Å². The van der Waals surface area contributed by atoms with Gasteiger partial charge in [0.1, 0.15) is 0 Å². The molecule has 0 bridgehead atoms. The molecule has 4 nitrogen and oxygen atoms in total. The molecule has 1 aromatic heterocycles. The third-order valence-corrected chi connectivity index (χ3v) is 8.20. The van der Waals surface area contributed by atoms with E-state index in [1.54, 1.807) is 0 Å². The lowest BCUT2D eigenvalue weighted by molar-refractivity contribution is 0.259. The van der Waals surface area contributed by atoms with Gasteiger partial charge >= 0.3 is 0 Å². The van der Waals surface area contributed by atoms with Gasteiger partial charge in [0, 0.05) is 28.0 Å². The van der Waals surface area contributed by atoms with Crippen LogP contribution in [0.4, 0.5) is 5.69 Å². The van der Waals surface area contributed by atoms with E-state index in [-0.39, 0.29) is 0 Å². The van der Waals surface area contributed by atoms with Crippen LogP contribution in [0.15, 0.2) is 30.3 Å². The zero-order chi connectivity index (χ0) is 28.3. The van der Waals surface area contributed by atoms with Crippen LogP contribution in [-0.4, -0.2) is 18.2 Å². The van der Waals surface area contributed by atoms with Crippen LogP contribution >= 0.6 is 0 Å². The van der Waals surface area contributed by atoms with Crippen LogP contribution in [0, 0.1) is 0 Å². The fraction of sp³-hybridized carbons (Fsp3) is 0.667. The van der Waals surface area contributed by atoms with Gasteiger partial charge in [0.25, 0.3) is 0 Å². The van der Waals surface area contributed by atoms with E-state index >= 15 is 0 Å². The molecule has 0 saturated carbocycles. The number of nitrogen functional groups attached to an aromatic ring is 1. The number of H-pyrrole nitrogens is 1. The summed E-state index contributed by atoms with van der Waals surface area (Å²) in [5, 5.41) is 2.28. The summed E-state index contributed by atoms with van der Waals surface area (Å²) in [7, 11) is 0. The molecule has 0 unspecified atom stereocenters. The molecule has 0 aliphatic rings. The Kier molecular flexibility index (Phi) is 15.8. The molecule has 3 rings (SSSR count). The third kappa shape index (κ3) is 11.6. The maximum atomic E-state index is 6.35. The quantitative estimate of drug-likeness (QED) is 0.0861. The highest BCUT2D eigenvalue weighted by molar-refractivity contribution is 6.09. The van der Waals surface area contributed by atoms with Gasteiger partial charge < -0.3 is 20.2 Å². The van der Waals surface area contributed by atoms with Gasteiger partial charge in [0.2, 0.25) is 0 Å². The van der Waals surface area contributed by atoms with E-state index in [0.717, 1.165) is 65.0 Å². The molecule has 3 N–H and O–H groups in total. The van der Waals surface area contributed by atoms with E-state index in [1.165, 1.54) is 116 Å². The Morgan fingerprint density at radius 2 is 0.925 bits per heavy atom. The van der Waals surface area contributed by atoms with Gasteiger partial charge in [-0.2, -0.15) is 0 Å². The first-order valence-electron chi connectivity index (χ1n) is 16.8. The van der Waals surface area contributed by atoms with Crippen molar-refractivity contribution in [3.63, 3.8) is 0 Å². The van der Waals surface area contributed by atoms with Gasteiger partial charge in [-0.3, -0.25) is 0 Å². The van der Waals surface area contributed by atoms with E-state index in [1.807, 2.05) is 12.1 Å². The molecule has 0 aliphatic heterocycles. The Morgan fingerprint density at radius 1 is 0.500 bits per heavy atom. The second-order valence-electron chi connectivity index (χ2n) is 11.8. The maximum absolute atomic E-state index is 6.35. The second-order valence-corrected chi connectivity index (χ2v) is 11.8. The molecule has 0 fully saturated rings. The molecule has 0 atom stereocenters. The summed E-state index contributed by atoms with van der Waals surface area (Å²) in [6.45, 7) is 6.04. The number of aromatic nitrogens is 1. The van der Waals surface area contributed by atoms with Crippen LogP contribution < -0.4 is 15.2 Å². The molecule has 0 aliphatic carbocycles. The van der Waals surface area contributed by atoms with E-state index in [0.29, 0.717) is 0 Å². The van der Waals surface area contributed by atoms with Crippen molar-refractivity contribution in [3.05, 3.63) is 30.3 Å². The van der Waals surface area contributed by atoms with E-state index in [4.69, 9.17) is 15.2 Å². The van der Waals surface area contributed by atoms with Crippen molar-refractivity contribution in [1.29, 1.82) is 0 Å². The van der Waals surface area contributed by atoms with Crippen molar-refractivity contribution in [1.82, 2.24) is 4.98 Å². The number of nitrogens with one attached hydrogen (secondary N) is 1. The summed E-state index contributed by atoms with van der Waals surface area (Å²) in [5.74, 6) is 1.72. The van der Waals surface area contributed by atoms with Crippen molar-refractivity contribution < 1.29 is 9.47 Å². The van der Waals surface area contributed by atoms with Gasteiger partial charge in [0.15, 0.2) is 11.5 Å². The third-order valence-electron chi connectivity index (χ3n) is 8.20. The van der Waals surface area contributed by atoms with E-state index in [9.17, 15) is 0 Å². The minimum atomic E-state index is 0.737. The van der Waals surface area contributed by atoms with Crippen LogP contribution in [-0.2, 0) is 0 Å². The first-order chi connectivity index (χ1) is 19.7. The standard InChI is InChI=1S/C36H58N2O2/c1-3-5-7-9-11-13-15-17-19-21-25-39-35-28-32-31-27-30(37)23-24-33(31)38-34(32)29-36(35)40-26-22-20-18-16-14-12-10-8-6-4-2/h23-24,27-29,38H,3-22,25-26,37H2,1-2H3. The topological polar surface area (TPSA) is 60.3 Å². The van der Waals surface area contributed by atoms with Gasteiger partial charge in [0.05, 0.1) is 18.7 Å². The molecule has 0 amide bonds. The van der Waals surface area contributed by atoms with E-state index in [2.05, 4.69) is 37.0 Å². The predicted molar refractivity (Wildman–Crippen MR) is 175 cm³/mol. The number of hydrogen-bond donors (Lipinski definition) is 2. The van der Waals surface area contributed by atoms with Crippen molar-refractivity contribution in [2.24, 2.45) is 0 Å². The molecule has 40 heavy (non-hydrogen) atoms. The lowest BCUT2D eigenvalue weighted by Gasteiger charge is -2.14. The number of ether oxygens (including phenoxy) is 2. The zero-order valence-electron chi connectivity index (χ0n) is 25.8. The molecule has 0 radical (unpaired) electrons. The maximum Gasteiger partial charge on any atom is 0.163 e.